The van der Waals surface area contributed by atoms with E-state index in [0.29, 0.717) is 12.0 Å². The number of hydrogen-bond acceptors (Lipinski definition) is 6. The predicted octanol–water partition coefficient (Wildman–Crippen LogP) is 1.20. The highest BCUT2D eigenvalue weighted by Gasteiger charge is 2.32. The Labute approximate surface area is 226 Å². The van der Waals surface area contributed by atoms with Crippen LogP contribution in [-0.4, -0.2) is 63.6 Å². The summed E-state index contributed by atoms with van der Waals surface area (Å²) in [7, 11) is 0. The summed E-state index contributed by atoms with van der Waals surface area (Å²) in [6.07, 6.45) is 2.32. The highest BCUT2D eigenvalue weighted by atomic mass is 16.4. The third-order valence-electron chi connectivity index (χ3n) is 6.72. The van der Waals surface area contributed by atoms with Gasteiger partial charge in [-0.05, 0) is 35.2 Å². The lowest BCUT2D eigenvalue weighted by molar-refractivity contribution is -0.142. The van der Waals surface area contributed by atoms with Crippen LogP contribution in [-0.2, 0) is 32.0 Å². The Bertz CT molecular complexity index is 1310. The van der Waals surface area contributed by atoms with Gasteiger partial charge in [-0.3, -0.25) is 14.4 Å². The molecule has 0 bridgehead atoms. The van der Waals surface area contributed by atoms with E-state index in [0.717, 1.165) is 16.5 Å². The van der Waals surface area contributed by atoms with Gasteiger partial charge in [0.15, 0.2) is 0 Å². The Morgan fingerprint density at radius 2 is 1.59 bits per heavy atom. The molecule has 0 spiro atoms. The Hall–Kier alpha value is -4.38. The van der Waals surface area contributed by atoms with Crippen molar-refractivity contribution in [2.45, 2.75) is 51.2 Å². The van der Waals surface area contributed by atoms with Crippen molar-refractivity contribution in [3.8, 4) is 5.75 Å². The zero-order chi connectivity index (χ0) is 28.5. The maximum Gasteiger partial charge on any atom is 0.326 e. The van der Waals surface area contributed by atoms with Gasteiger partial charge >= 0.3 is 5.97 Å². The van der Waals surface area contributed by atoms with Crippen molar-refractivity contribution in [1.29, 1.82) is 0 Å². The average Bonchev–Trinajstić information content (AvgIpc) is 3.34. The van der Waals surface area contributed by atoms with Crippen LogP contribution in [0.5, 0.6) is 5.75 Å². The van der Waals surface area contributed by atoms with Crippen LogP contribution in [0.1, 0.15) is 31.4 Å². The molecule has 4 atom stereocenters. The van der Waals surface area contributed by atoms with Crippen molar-refractivity contribution in [1.82, 2.24) is 20.9 Å². The van der Waals surface area contributed by atoms with Crippen molar-refractivity contribution >= 4 is 34.6 Å². The second-order valence-electron chi connectivity index (χ2n) is 9.53. The molecule has 11 nitrogen and oxygen atoms in total. The SMILES string of the molecule is CCC(C)C(NC(=O)CN)C(=O)NC(Cc1ccc(O)cc1)C(=O)NC(Cc1c[nH]c2ccccc12)C(=O)O. The topological polar surface area (TPSA) is 187 Å². The number of carboxylic acids is 1. The zero-order valence-corrected chi connectivity index (χ0v) is 21.9. The van der Waals surface area contributed by atoms with E-state index in [1.165, 1.54) is 12.1 Å². The Morgan fingerprint density at radius 3 is 2.23 bits per heavy atom. The van der Waals surface area contributed by atoms with Gasteiger partial charge in [-0.1, -0.05) is 50.6 Å². The van der Waals surface area contributed by atoms with Crippen LogP contribution >= 0.6 is 0 Å². The number of para-hydroxylation sites is 1. The molecule has 0 saturated carbocycles. The number of H-pyrrole nitrogens is 1. The molecule has 3 rings (SSSR count). The van der Waals surface area contributed by atoms with Crippen molar-refractivity contribution in [2.24, 2.45) is 11.7 Å². The fraction of sp³-hybridized carbons (Fsp3) is 0.357. The molecule has 208 valence electrons. The van der Waals surface area contributed by atoms with E-state index in [1.54, 1.807) is 25.3 Å². The number of aromatic hydroxyl groups is 1. The number of phenols is 1. The first-order chi connectivity index (χ1) is 18.6. The molecule has 11 heteroatoms. The summed E-state index contributed by atoms with van der Waals surface area (Å²) in [5.41, 5.74) is 7.61. The fourth-order valence-corrected chi connectivity index (χ4v) is 4.27. The maximum absolute atomic E-state index is 13.4. The first kappa shape index (κ1) is 29.2. The van der Waals surface area contributed by atoms with E-state index in [-0.39, 0.29) is 31.1 Å². The lowest BCUT2D eigenvalue weighted by atomic mass is 9.97. The summed E-state index contributed by atoms with van der Waals surface area (Å²) >= 11 is 0. The van der Waals surface area contributed by atoms with E-state index >= 15 is 0 Å². The molecule has 0 saturated heterocycles. The number of aromatic nitrogens is 1. The first-order valence-electron chi connectivity index (χ1n) is 12.8. The molecule has 0 radical (unpaired) electrons. The van der Waals surface area contributed by atoms with Gasteiger partial charge in [-0.15, -0.1) is 0 Å². The molecule has 4 unspecified atom stereocenters. The number of aliphatic carboxylic acids is 1. The number of carbonyl (C=O) groups is 4. The number of phenolic OH excluding ortho intramolecular Hbond substituents is 1. The quantitative estimate of drug-likeness (QED) is 0.171. The average molecular weight is 538 g/mol. The van der Waals surface area contributed by atoms with Crippen LogP contribution in [0.3, 0.4) is 0 Å². The molecule has 2 aromatic carbocycles. The molecule has 0 aliphatic carbocycles. The number of carboxylic acid groups (broad SMARTS) is 1. The van der Waals surface area contributed by atoms with Crippen molar-refractivity contribution in [2.75, 3.05) is 6.54 Å². The van der Waals surface area contributed by atoms with Gasteiger partial charge in [0.1, 0.15) is 23.9 Å². The van der Waals surface area contributed by atoms with Crippen LogP contribution in [0.25, 0.3) is 10.9 Å². The molecular formula is C28H35N5O6. The molecule has 3 amide bonds. The fourth-order valence-electron chi connectivity index (χ4n) is 4.27. The van der Waals surface area contributed by atoms with Gasteiger partial charge in [0.2, 0.25) is 17.7 Å². The molecule has 0 aliphatic rings. The van der Waals surface area contributed by atoms with Crippen LogP contribution in [0.4, 0.5) is 0 Å². The van der Waals surface area contributed by atoms with Crippen LogP contribution in [0.2, 0.25) is 0 Å². The minimum absolute atomic E-state index is 0.0208. The summed E-state index contributed by atoms with van der Waals surface area (Å²) in [6, 6.07) is 10.2. The number of aromatic amines is 1. The smallest absolute Gasteiger partial charge is 0.326 e. The number of benzene rings is 2. The predicted molar refractivity (Wildman–Crippen MR) is 146 cm³/mol. The molecule has 1 heterocycles. The van der Waals surface area contributed by atoms with Crippen LogP contribution < -0.4 is 21.7 Å². The van der Waals surface area contributed by atoms with E-state index in [9.17, 15) is 29.4 Å². The third kappa shape index (κ3) is 7.81. The van der Waals surface area contributed by atoms with Crippen LogP contribution in [0.15, 0.2) is 54.7 Å². The van der Waals surface area contributed by atoms with E-state index < -0.39 is 41.8 Å². The van der Waals surface area contributed by atoms with Crippen molar-refractivity contribution in [3.63, 3.8) is 0 Å². The molecule has 0 fully saturated rings. The lowest BCUT2D eigenvalue weighted by Crippen LogP contribution is -2.58. The number of nitrogens with two attached hydrogens (primary N) is 1. The van der Waals surface area contributed by atoms with Crippen molar-refractivity contribution in [3.05, 3.63) is 65.9 Å². The molecule has 1 aromatic heterocycles. The zero-order valence-electron chi connectivity index (χ0n) is 21.9. The second-order valence-corrected chi connectivity index (χ2v) is 9.53. The number of amides is 3. The van der Waals surface area contributed by atoms with Gasteiger partial charge < -0.3 is 36.9 Å². The van der Waals surface area contributed by atoms with Gasteiger partial charge in [0.05, 0.1) is 6.54 Å². The summed E-state index contributed by atoms with van der Waals surface area (Å²) in [4.78, 5) is 53.9. The Balaban J connectivity index is 1.84. The Kier molecular flexibility index (Phi) is 10.0. The van der Waals surface area contributed by atoms with E-state index in [4.69, 9.17) is 5.73 Å². The third-order valence-corrected chi connectivity index (χ3v) is 6.72. The molecule has 39 heavy (non-hydrogen) atoms. The number of hydrogen-bond donors (Lipinski definition) is 7. The molecule has 3 aromatic rings. The van der Waals surface area contributed by atoms with E-state index in [1.807, 2.05) is 31.2 Å². The largest absolute Gasteiger partial charge is 0.508 e. The molecule has 0 aliphatic heterocycles. The Morgan fingerprint density at radius 1 is 0.923 bits per heavy atom. The highest BCUT2D eigenvalue weighted by molar-refractivity contribution is 5.94. The lowest BCUT2D eigenvalue weighted by Gasteiger charge is -2.27. The monoisotopic (exact) mass is 537 g/mol. The van der Waals surface area contributed by atoms with Gasteiger partial charge in [0.25, 0.3) is 0 Å². The maximum atomic E-state index is 13.4. The molecule has 8 N–H and O–H groups in total. The number of nitrogens with one attached hydrogen (secondary N) is 4. The minimum atomic E-state index is -1.27. The number of rotatable bonds is 13. The second kappa shape index (κ2) is 13.4. The normalized spacial score (nSPS) is 14.1. The van der Waals surface area contributed by atoms with Crippen molar-refractivity contribution < 1.29 is 29.4 Å². The number of carbonyl (C=O) groups excluding carboxylic acids is 3. The molecular weight excluding hydrogens is 502 g/mol. The number of fused-ring (bicyclic) bond motifs is 1. The summed E-state index contributed by atoms with van der Waals surface area (Å²) < 4.78 is 0. The summed E-state index contributed by atoms with van der Waals surface area (Å²) in [5.74, 6) is -3.25. The van der Waals surface area contributed by atoms with Gasteiger partial charge in [0, 0.05) is 29.9 Å². The highest BCUT2D eigenvalue weighted by Crippen LogP contribution is 2.19. The standard InChI is InChI=1S/C28H35N5O6/c1-3-16(2)25(33-24(35)14-29)27(37)31-22(12-17-8-10-19(34)11-9-17)26(36)32-23(28(38)39)13-18-15-30-21-7-5-4-6-20(18)21/h4-11,15-16,22-23,25,30,34H,3,12-14,29H2,1-2H3,(H,31,37)(H,32,36)(H,33,35)(H,38,39). The van der Waals surface area contributed by atoms with E-state index in [2.05, 4.69) is 20.9 Å². The summed E-state index contributed by atoms with van der Waals surface area (Å²) in [5, 5.41) is 28.2. The van der Waals surface area contributed by atoms with Crippen LogP contribution in [0, 0.1) is 5.92 Å². The van der Waals surface area contributed by atoms with Gasteiger partial charge in [-0.2, -0.15) is 0 Å². The minimum Gasteiger partial charge on any atom is -0.508 e. The first-order valence-corrected chi connectivity index (χ1v) is 12.8. The summed E-state index contributed by atoms with van der Waals surface area (Å²) in [6.45, 7) is 3.35. The van der Waals surface area contributed by atoms with Gasteiger partial charge in [-0.25, -0.2) is 4.79 Å².